The first kappa shape index (κ1) is 18.3. The molecule has 0 bridgehead atoms. The third-order valence-electron chi connectivity index (χ3n) is 5.04. The summed E-state index contributed by atoms with van der Waals surface area (Å²) in [5.74, 6) is -0.864. The van der Waals surface area contributed by atoms with E-state index in [9.17, 15) is 17.6 Å². The Morgan fingerprint density at radius 1 is 1.12 bits per heavy atom. The standard InChI is InChI=1S/C17H24FN3O3S/c1-20-9-7-15(8-10-20)19-17(22)13-6-11-21(12-13)25(23,24)16-4-2-14(18)3-5-16/h2-5,13,15H,6-12H2,1H3,(H,19,22)/t13-/m1/s1. The van der Waals surface area contributed by atoms with Gasteiger partial charge in [-0.1, -0.05) is 0 Å². The van der Waals surface area contributed by atoms with Gasteiger partial charge in [-0.05, 0) is 63.7 Å². The number of rotatable bonds is 4. The summed E-state index contributed by atoms with van der Waals surface area (Å²) in [6.07, 6.45) is 2.36. The van der Waals surface area contributed by atoms with Crippen molar-refractivity contribution in [1.29, 1.82) is 0 Å². The molecule has 25 heavy (non-hydrogen) atoms. The number of sulfonamides is 1. The summed E-state index contributed by atoms with van der Waals surface area (Å²) in [5, 5.41) is 3.06. The van der Waals surface area contributed by atoms with E-state index in [-0.39, 0.29) is 29.3 Å². The minimum Gasteiger partial charge on any atom is -0.353 e. The summed E-state index contributed by atoms with van der Waals surface area (Å²) < 4.78 is 39.5. The van der Waals surface area contributed by atoms with E-state index in [2.05, 4.69) is 17.3 Å². The van der Waals surface area contributed by atoms with Gasteiger partial charge in [0.2, 0.25) is 15.9 Å². The minimum absolute atomic E-state index is 0.0604. The molecule has 1 aromatic rings. The van der Waals surface area contributed by atoms with E-state index in [0.717, 1.165) is 38.1 Å². The van der Waals surface area contributed by atoms with Gasteiger partial charge in [0.1, 0.15) is 5.82 Å². The molecule has 0 saturated carbocycles. The summed E-state index contributed by atoms with van der Waals surface area (Å²) in [7, 11) is -1.62. The summed E-state index contributed by atoms with van der Waals surface area (Å²) in [5.41, 5.74) is 0. The second-order valence-corrected chi connectivity index (χ2v) is 8.83. The van der Waals surface area contributed by atoms with Gasteiger partial charge in [0, 0.05) is 19.1 Å². The first-order valence-corrected chi connectivity index (χ1v) is 10.0. The molecule has 1 atom stereocenters. The van der Waals surface area contributed by atoms with E-state index < -0.39 is 15.8 Å². The van der Waals surface area contributed by atoms with Crippen molar-refractivity contribution in [1.82, 2.24) is 14.5 Å². The molecule has 0 aromatic heterocycles. The van der Waals surface area contributed by atoms with Crippen molar-refractivity contribution < 1.29 is 17.6 Å². The van der Waals surface area contributed by atoms with Gasteiger partial charge in [0.05, 0.1) is 10.8 Å². The number of hydrogen-bond acceptors (Lipinski definition) is 4. The Hall–Kier alpha value is -1.51. The van der Waals surface area contributed by atoms with Gasteiger partial charge in [0.15, 0.2) is 0 Å². The van der Waals surface area contributed by atoms with E-state index in [1.54, 1.807) is 0 Å². The number of halogens is 1. The first-order valence-electron chi connectivity index (χ1n) is 8.61. The zero-order chi connectivity index (χ0) is 18.0. The third kappa shape index (κ3) is 4.19. The van der Waals surface area contributed by atoms with E-state index in [1.807, 2.05) is 0 Å². The van der Waals surface area contributed by atoms with Gasteiger partial charge in [-0.3, -0.25) is 4.79 Å². The lowest BCUT2D eigenvalue weighted by Gasteiger charge is -2.30. The highest BCUT2D eigenvalue weighted by Crippen LogP contribution is 2.25. The van der Waals surface area contributed by atoms with Gasteiger partial charge in [-0.25, -0.2) is 12.8 Å². The number of piperidine rings is 1. The molecule has 2 aliphatic heterocycles. The number of likely N-dealkylation sites (tertiary alicyclic amines) is 1. The number of nitrogens with zero attached hydrogens (tertiary/aromatic N) is 2. The van der Waals surface area contributed by atoms with Gasteiger partial charge >= 0.3 is 0 Å². The molecule has 0 spiro atoms. The molecular weight excluding hydrogens is 345 g/mol. The monoisotopic (exact) mass is 369 g/mol. The zero-order valence-electron chi connectivity index (χ0n) is 14.3. The Labute approximate surface area is 148 Å². The number of amides is 1. The largest absolute Gasteiger partial charge is 0.353 e. The molecule has 8 heteroatoms. The average molecular weight is 369 g/mol. The molecular formula is C17H24FN3O3S. The molecule has 3 rings (SSSR count). The van der Waals surface area contributed by atoms with Crippen LogP contribution in [0.25, 0.3) is 0 Å². The van der Waals surface area contributed by atoms with Crippen molar-refractivity contribution in [2.75, 3.05) is 33.2 Å². The first-order chi connectivity index (χ1) is 11.9. The Morgan fingerprint density at radius 3 is 2.40 bits per heavy atom. The van der Waals surface area contributed by atoms with E-state index in [1.165, 1.54) is 16.4 Å². The molecule has 1 amide bonds. The summed E-state index contributed by atoms with van der Waals surface area (Å²) in [6, 6.07) is 4.96. The van der Waals surface area contributed by atoms with Gasteiger partial charge in [-0.2, -0.15) is 4.31 Å². The fourth-order valence-corrected chi connectivity index (χ4v) is 4.89. The van der Waals surface area contributed by atoms with Gasteiger partial charge < -0.3 is 10.2 Å². The van der Waals surface area contributed by atoms with Crippen molar-refractivity contribution in [3.63, 3.8) is 0 Å². The van der Waals surface area contributed by atoms with Crippen LogP contribution >= 0.6 is 0 Å². The SMILES string of the molecule is CN1CCC(NC(=O)[C@@H]2CCN(S(=O)(=O)c3ccc(F)cc3)C2)CC1. The maximum atomic E-state index is 13.0. The summed E-state index contributed by atoms with van der Waals surface area (Å²) in [4.78, 5) is 14.7. The lowest BCUT2D eigenvalue weighted by Crippen LogP contribution is -2.45. The third-order valence-corrected chi connectivity index (χ3v) is 6.92. The Balaban J connectivity index is 1.59. The van der Waals surface area contributed by atoms with Gasteiger partial charge in [-0.15, -0.1) is 0 Å². The summed E-state index contributed by atoms with van der Waals surface area (Å²) >= 11 is 0. The fourth-order valence-electron chi connectivity index (χ4n) is 3.39. The van der Waals surface area contributed by atoms with Crippen molar-refractivity contribution in [2.24, 2.45) is 5.92 Å². The molecule has 0 radical (unpaired) electrons. The average Bonchev–Trinajstić information content (AvgIpc) is 3.08. The lowest BCUT2D eigenvalue weighted by atomic mass is 10.0. The second-order valence-electron chi connectivity index (χ2n) is 6.89. The molecule has 1 N–H and O–H groups in total. The Morgan fingerprint density at radius 2 is 1.76 bits per heavy atom. The number of carbonyl (C=O) groups is 1. The van der Waals surface area contributed by atoms with Crippen LogP contribution in [0.3, 0.4) is 0 Å². The molecule has 2 aliphatic rings. The number of nitrogens with one attached hydrogen (secondary N) is 1. The normalized spacial score (nSPS) is 23.7. The molecule has 2 heterocycles. The lowest BCUT2D eigenvalue weighted by molar-refractivity contribution is -0.125. The highest BCUT2D eigenvalue weighted by molar-refractivity contribution is 7.89. The van der Waals surface area contributed by atoms with Crippen LogP contribution in [0.15, 0.2) is 29.2 Å². The van der Waals surface area contributed by atoms with Crippen molar-refractivity contribution >= 4 is 15.9 Å². The second kappa shape index (κ2) is 7.39. The van der Waals surface area contributed by atoms with Crippen LogP contribution in [0.5, 0.6) is 0 Å². The predicted octanol–water partition coefficient (Wildman–Crippen LogP) is 1.05. The van der Waals surface area contributed by atoms with Crippen LogP contribution < -0.4 is 5.32 Å². The molecule has 138 valence electrons. The predicted molar refractivity (Wildman–Crippen MR) is 91.9 cm³/mol. The topological polar surface area (TPSA) is 69.7 Å². The Bertz CT molecular complexity index is 715. The fraction of sp³-hybridized carbons (Fsp3) is 0.588. The number of hydrogen-bond donors (Lipinski definition) is 1. The van der Waals surface area contributed by atoms with Crippen molar-refractivity contribution in [3.8, 4) is 0 Å². The van der Waals surface area contributed by atoms with Crippen LogP contribution in [0, 0.1) is 11.7 Å². The van der Waals surface area contributed by atoms with Crippen molar-refractivity contribution in [2.45, 2.75) is 30.2 Å². The van der Waals surface area contributed by atoms with E-state index in [4.69, 9.17) is 0 Å². The van der Waals surface area contributed by atoms with Crippen LogP contribution in [-0.2, 0) is 14.8 Å². The van der Waals surface area contributed by atoms with Crippen molar-refractivity contribution in [3.05, 3.63) is 30.1 Å². The number of carbonyl (C=O) groups excluding carboxylic acids is 1. The molecule has 2 saturated heterocycles. The van der Waals surface area contributed by atoms with E-state index >= 15 is 0 Å². The van der Waals surface area contributed by atoms with Crippen LogP contribution in [0.4, 0.5) is 4.39 Å². The summed E-state index contributed by atoms with van der Waals surface area (Å²) in [6.45, 7) is 2.41. The molecule has 0 unspecified atom stereocenters. The van der Waals surface area contributed by atoms with Gasteiger partial charge in [0.25, 0.3) is 0 Å². The van der Waals surface area contributed by atoms with Crippen LogP contribution in [-0.4, -0.2) is 62.8 Å². The molecule has 2 fully saturated rings. The zero-order valence-corrected chi connectivity index (χ0v) is 15.1. The molecule has 6 nitrogen and oxygen atoms in total. The molecule has 0 aliphatic carbocycles. The molecule has 1 aromatic carbocycles. The van der Waals surface area contributed by atoms with E-state index in [0.29, 0.717) is 13.0 Å². The Kier molecular flexibility index (Phi) is 5.41. The smallest absolute Gasteiger partial charge is 0.243 e. The van der Waals surface area contributed by atoms with Crippen LogP contribution in [0.2, 0.25) is 0 Å². The highest BCUT2D eigenvalue weighted by Gasteiger charge is 2.36. The number of benzene rings is 1. The van der Waals surface area contributed by atoms with Crippen LogP contribution in [0.1, 0.15) is 19.3 Å². The minimum atomic E-state index is -3.68. The maximum Gasteiger partial charge on any atom is 0.243 e. The maximum absolute atomic E-state index is 13.0. The quantitative estimate of drug-likeness (QED) is 0.861. The highest BCUT2D eigenvalue weighted by atomic mass is 32.2.